The van der Waals surface area contributed by atoms with E-state index in [1.54, 1.807) is 0 Å². The lowest BCUT2D eigenvalue weighted by molar-refractivity contribution is -0.115. The molecular formula is C13H22N2O2. The fourth-order valence-corrected chi connectivity index (χ4v) is 2.93. The fraction of sp³-hybridized carbons (Fsp3) is 0.923. The van der Waals surface area contributed by atoms with Gasteiger partial charge in [0.1, 0.15) is 5.60 Å². The second-order valence-corrected chi connectivity index (χ2v) is 6.97. The van der Waals surface area contributed by atoms with Gasteiger partial charge in [0.15, 0.2) is 0 Å². The van der Waals surface area contributed by atoms with Gasteiger partial charge in [-0.05, 0) is 33.6 Å². The SMILES string of the molecule is CC(C)(C)OC(=O)N1CC2(C1)CN(C1CC1)C2. The van der Waals surface area contributed by atoms with Gasteiger partial charge in [-0.1, -0.05) is 0 Å². The van der Waals surface area contributed by atoms with Crippen LogP contribution in [0.1, 0.15) is 33.6 Å². The molecule has 0 bridgehead atoms. The summed E-state index contributed by atoms with van der Waals surface area (Å²) in [5.41, 5.74) is 0.0407. The molecule has 1 amide bonds. The molecule has 0 aromatic rings. The molecule has 3 fully saturated rings. The zero-order chi connectivity index (χ0) is 12.3. The van der Waals surface area contributed by atoms with E-state index in [0.717, 1.165) is 19.1 Å². The van der Waals surface area contributed by atoms with Crippen LogP contribution in [0.15, 0.2) is 0 Å². The highest BCUT2D eigenvalue weighted by molar-refractivity contribution is 5.69. The molecular weight excluding hydrogens is 216 g/mol. The molecule has 96 valence electrons. The molecule has 0 aromatic heterocycles. The number of hydrogen-bond acceptors (Lipinski definition) is 3. The van der Waals surface area contributed by atoms with Crippen LogP contribution in [0.4, 0.5) is 4.79 Å². The number of carbonyl (C=O) groups is 1. The Morgan fingerprint density at radius 2 is 1.76 bits per heavy atom. The first-order valence-corrected chi connectivity index (χ1v) is 6.59. The maximum absolute atomic E-state index is 11.8. The second-order valence-electron chi connectivity index (χ2n) is 6.97. The summed E-state index contributed by atoms with van der Waals surface area (Å²) in [4.78, 5) is 16.2. The molecule has 0 N–H and O–H groups in total. The monoisotopic (exact) mass is 238 g/mol. The van der Waals surface area contributed by atoms with E-state index in [1.807, 2.05) is 25.7 Å². The van der Waals surface area contributed by atoms with Crippen molar-refractivity contribution in [3.63, 3.8) is 0 Å². The Labute approximate surface area is 103 Å². The topological polar surface area (TPSA) is 32.8 Å². The molecule has 1 spiro atoms. The van der Waals surface area contributed by atoms with Gasteiger partial charge in [0, 0.05) is 37.6 Å². The zero-order valence-electron chi connectivity index (χ0n) is 11.0. The van der Waals surface area contributed by atoms with Gasteiger partial charge < -0.3 is 9.64 Å². The summed E-state index contributed by atoms with van der Waals surface area (Å²) in [6.07, 6.45) is 2.62. The average molecular weight is 238 g/mol. The van der Waals surface area contributed by atoms with E-state index >= 15 is 0 Å². The molecule has 2 aliphatic heterocycles. The van der Waals surface area contributed by atoms with Crippen molar-refractivity contribution < 1.29 is 9.53 Å². The van der Waals surface area contributed by atoms with Crippen molar-refractivity contribution in [3.8, 4) is 0 Å². The molecule has 17 heavy (non-hydrogen) atoms. The summed E-state index contributed by atoms with van der Waals surface area (Å²) < 4.78 is 5.36. The first-order chi connectivity index (χ1) is 7.87. The van der Waals surface area contributed by atoms with Crippen molar-refractivity contribution >= 4 is 6.09 Å². The highest BCUT2D eigenvalue weighted by Gasteiger charge is 2.56. The first-order valence-electron chi connectivity index (χ1n) is 6.59. The van der Waals surface area contributed by atoms with Crippen LogP contribution in [-0.4, -0.2) is 53.7 Å². The van der Waals surface area contributed by atoms with Crippen LogP contribution in [0.2, 0.25) is 0 Å². The summed E-state index contributed by atoms with van der Waals surface area (Å²) in [7, 11) is 0. The maximum Gasteiger partial charge on any atom is 0.410 e. The van der Waals surface area contributed by atoms with E-state index in [-0.39, 0.29) is 11.7 Å². The van der Waals surface area contributed by atoms with Crippen molar-refractivity contribution in [1.29, 1.82) is 0 Å². The zero-order valence-corrected chi connectivity index (χ0v) is 11.0. The Balaban J connectivity index is 1.44. The lowest BCUT2D eigenvalue weighted by Crippen LogP contribution is -2.73. The summed E-state index contributed by atoms with van der Waals surface area (Å²) in [6.45, 7) is 9.92. The number of hydrogen-bond donors (Lipinski definition) is 0. The summed E-state index contributed by atoms with van der Waals surface area (Å²) in [5, 5.41) is 0. The van der Waals surface area contributed by atoms with E-state index in [9.17, 15) is 4.79 Å². The summed E-state index contributed by atoms with van der Waals surface area (Å²) >= 11 is 0. The Hall–Kier alpha value is -0.770. The van der Waals surface area contributed by atoms with Gasteiger partial charge in [-0.25, -0.2) is 4.79 Å². The molecule has 1 aliphatic carbocycles. The Kier molecular flexibility index (Phi) is 2.25. The highest BCUT2D eigenvalue weighted by Crippen LogP contribution is 2.44. The van der Waals surface area contributed by atoms with Crippen molar-refractivity contribution in [3.05, 3.63) is 0 Å². The molecule has 0 unspecified atom stereocenters. The number of amides is 1. The summed E-state index contributed by atoms with van der Waals surface area (Å²) in [5.74, 6) is 0. The van der Waals surface area contributed by atoms with Crippen LogP contribution in [0.25, 0.3) is 0 Å². The number of carbonyl (C=O) groups excluding carboxylic acids is 1. The molecule has 3 rings (SSSR count). The Morgan fingerprint density at radius 3 is 2.24 bits per heavy atom. The van der Waals surface area contributed by atoms with E-state index in [2.05, 4.69) is 4.90 Å². The summed E-state index contributed by atoms with van der Waals surface area (Å²) in [6, 6.07) is 0.871. The predicted octanol–water partition coefficient (Wildman–Crippen LogP) is 1.70. The molecule has 4 heteroatoms. The lowest BCUT2D eigenvalue weighted by Gasteiger charge is -2.60. The minimum atomic E-state index is -0.375. The molecule has 4 nitrogen and oxygen atoms in total. The van der Waals surface area contributed by atoms with E-state index in [0.29, 0.717) is 5.41 Å². The van der Waals surface area contributed by atoms with Crippen LogP contribution in [0, 0.1) is 5.41 Å². The average Bonchev–Trinajstić information content (AvgIpc) is 2.77. The normalized spacial score (nSPS) is 27.6. The van der Waals surface area contributed by atoms with Gasteiger partial charge in [-0.15, -0.1) is 0 Å². The van der Waals surface area contributed by atoms with Gasteiger partial charge in [-0.3, -0.25) is 4.90 Å². The molecule has 0 atom stereocenters. The van der Waals surface area contributed by atoms with Gasteiger partial charge >= 0.3 is 6.09 Å². The van der Waals surface area contributed by atoms with E-state index < -0.39 is 0 Å². The number of nitrogens with zero attached hydrogens (tertiary/aromatic N) is 2. The molecule has 1 saturated carbocycles. The minimum absolute atomic E-state index is 0.145. The van der Waals surface area contributed by atoms with Gasteiger partial charge in [0.05, 0.1) is 0 Å². The van der Waals surface area contributed by atoms with Gasteiger partial charge in [0.25, 0.3) is 0 Å². The molecule has 0 radical (unpaired) electrons. The van der Waals surface area contributed by atoms with Crippen LogP contribution in [0.3, 0.4) is 0 Å². The number of ether oxygens (including phenoxy) is 1. The van der Waals surface area contributed by atoms with Gasteiger partial charge in [0.2, 0.25) is 0 Å². The molecule has 2 heterocycles. The number of rotatable bonds is 1. The van der Waals surface area contributed by atoms with Crippen molar-refractivity contribution in [2.24, 2.45) is 5.41 Å². The predicted molar refractivity (Wildman–Crippen MR) is 64.8 cm³/mol. The molecule has 3 aliphatic rings. The van der Waals surface area contributed by atoms with Crippen molar-refractivity contribution in [1.82, 2.24) is 9.80 Å². The molecule has 0 aromatic carbocycles. The van der Waals surface area contributed by atoms with Crippen molar-refractivity contribution in [2.75, 3.05) is 26.2 Å². The van der Waals surface area contributed by atoms with E-state index in [4.69, 9.17) is 4.74 Å². The van der Waals surface area contributed by atoms with Crippen LogP contribution in [-0.2, 0) is 4.74 Å². The first kappa shape index (κ1) is 11.3. The van der Waals surface area contributed by atoms with E-state index in [1.165, 1.54) is 25.9 Å². The Morgan fingerprint density at radius 1 is 1.18 bits per heavy atom. The lowest BCUT2D eigenvalue weighted by atomic mass is 9.73. The molecule has 2 saturated heterocycles. The van der Waals surface area contributed by atoms with Crippen LogP contribution >= 0.6 is 0 Å². The largest absolute Gasteiger partial charge is 0.444 e. The van der Waals surface area contributed by atoms with Crippen LogP contribution in [0.5, 0.6) is 0 Å². The third-order valence-corrected chi connectivity index (χ3v) is 3.84. The minimum Gasteiger partial charge on any atom is -0.444 e. The Bertz CT molecular complexity index is 330. The number of likely N-dealkylation sites (tertiary alicyclic amines) is 2. The maximum atomic E-state index is 11.8. The second kappa shape index (κ2) is 3.37. The standard InChI is InChI=1S/C13H22N2O2/c1-12(2,3)17-11(16)15-8-13(9-15)6-14(7-13)10-4-5-10/h10H,4-9H2,1-3H3. The smallest absolute Gasteiger partial charge is 0.410 e. The third kappa shape index (κ3) is 2.15. The fourth-order valence-electron chi connectivity index (χ4n) is 2.93. The quantitative estimate of drug-likeness (QED) is 0.697. The van der Waals surface area contributed by atoms with Crippen molar-refractivity contribution in [2.45, 2.75) is 45.3 Å². The highest BCUT2D eigenvalue weighted by atomic mass is 16.6. The van der Waals surface area contributed by atoms with Crippen LogP contribution < -0.4 is 0 Å². The third-order valence-electron chi connectivity index (χ3n) is 3.84. The van der Waals surface area contributed by atoms with Gasteiger partial charge in [-0.2, -0.15) is 0 Å².